The van der Waals surface area contributed by atoms with E-state index in [0.717, 1.165) is 24.6 Å². The molecule has 166 valence electrons. The molecule has 0 aliphatic carbocycles. The van der Waals surface area contributed by atoms with Crippen LogP contribution >= 0.6 is 10.3 Å². The van der Waals surface area contributed by atoms with E-state index >= 15 is 0 Å². The third-order valence-corrected chi connectivity index (χ3v) is 10.7. The number of alkyl halides is 3. The third-order valence-electron chi connectivity index (χ3n) is 5.32. The predicted molar refractivity (Wildman–Crippen MR) is 109 cm³/mol. The van der Waals surface area contributed by atoms with E-state index in [0.29, 0.717) is 35.5 Å². The van der Waals surface area contributed by atoms with Gasteiger partial charge in [0.05, 0.1) is 6.61 Å². The molecular formula is C20H23F3O5S2. The van der Waals surface area contributed by atoms with Crippen LogP contribution in [-0.2, 0) is 18.5 Å². The third kappa shape index (κ3) is 4.28. The number of benzene rings is 2. The lowest BCUT2D eigenvalue weighted by molar-refractivity contribution is -0.105. The number of ether oxygens (including phenoxy) is 2. The summed E-state index contributed by atoms with van der Waals surface area (Å²) in [6.07, 6.45) is 3.77. The monoisotopic (exact) mass is 464 g/mol. The first-order valence-corrected chi connectivity index (χ1v) is 13.1. The molecule has 5 nitrogen and oxygen atoms in total. The first-order valence-electron chi connectivity index (χ1n) is 9.82. The summed E-state index contributed by atoms with van der Waals surface area (Å²) in [5, 5.41) is 1.44. The highest BCUT2D eigenvalue weighted by molar-refractivity contribution is 8.33. The maximum absolute atomic E-state index is 13.0. The normalized spacial score (nSPS) is 23.4. The van der Waals surface area contributed by atoms with Crippen LogP contribution in [0.2, 0.25) is 0 Å². The van der Waals surface area contributed by atoms with Gasteiger partial charge in [-0.05, 0) is 60.7 Å². The van der Waals surface area contributed by atoms with E-state index in [1.54, 1.807) is 30.3 Å². The summed E-state index contributed by atoms with van der Waals surface area (Å²) in [4.78, 5) is 0.533. The van der Waals surface area contributed by atoms with Crippen molar-refractivity contribution in [3.63, 3.8) is 0 Å². The smallest absolute Gasteiger partial charge is 0.465 e. The lowest BCUT2D eigenvalue weighted by atomic mass is 10.1. The van der Waals surface area contributed by atoms with E-state index in [-0.39, 0.29) is 17.8 Å². The molecule has 2 aromatic carbocycles. The molecule has 4 rings (SSSR count). The van der Waals surface area contributed by atoms with Crippen molar-refractivity contribution in [3.05, 3.63) is 36.4 Å². The van der Waals surface area contributed by atoms with Crippen molar-refractivity contribution < 1.29 is 34.7 Å². The molecule has 0 saturated carbocycles. The van der Waals surface area contributed by atoms with E-state index in [9.17, 15) is 21.6 Å². The Morgan fingerprint density at radius 1 is 1.03 bits per heavy atom. The Morgan fingerprint density at radius 3 is 2.47 bits per heavy atom. The first-order chi connectivity index (χ1) is 14.2. The molecule has 0 bridgehead atoms. The van der Waals surface area contributed by atoms with Crippen LogP contribution in [0.4, 0.5) is 13.2 Å². The number of hydrogen-bond donors (Lipinski definition) is 0. The van der Waals surface area contributed by atoms with Crippen LogP contribution in [0.5, 0.6) is 5.75 Å². The van der Waals surface area contributed by atoms with Gasteiger partial charge in [-0.3, -0.25) is 0 Å². The molecule has 1 atom stereocenters. The molecule has 10 heteroatoms. The van der Waals surface area contributed by atoms with Gasteiger partial charge in [0.2, 0.25) is 0 Å². The summed E-state index contributed by atoms with van der Waals surface area (Å²) in [6, 6.07) is 10.5. The molecule has 2 saturated heterocycles. The molecule has 0 amide bonds. The van der Waals surface area contributed by atoms with Crippen molar-refractivity contribution in [2.24, 2.45) is 0 Å². The zero-order chi connectivity index (χ0) is 21.4. The van der Waals surface area contributed by atoms with Gasteiger partial charge in [-0.25, -0.2) is 3.63 Å². The average molecular weight is 465 g/mol. The van der Waals surface area contributed by atoms with Gasteiger partial charge in [-0.2, -0.15) is 21.6 Å². The summed E-state index contributed by atoms with van der Waals surface area (Å²) in [5.41, 5.74) is -5.44. The molecule has 2 aromatic rings. The van der Waals surface area contributed by atoms with Gasteiger partial charge in [0, 0.05) is 22.8 Å². The maximum atomic E-state index is 13.0. The Kier molecular flexibility index (Phi) is 5.95. The molecular weight excluding hydrogens is 441 g/mol. The minimum absolute atomic E-state index is 0.287. The number of hydrogen-bond acceptors (Lipinski definition) is 5. The zero-order valence-electron chi connectivity index (χ0n) is 16.2. The van der Waals surface area contributed by atoms with Gasteiger partial charge in [0.1, 0.15) is 5.75 Å². The van der Waals surface area contributed by atoms with Crippen molar-refractivity contribution in [2.75, 3.05) is 18.1 Å². The Hall–Kier alpha value is -1.49. The highest BCUT2D eigenvalue weighted by atomic mass is 32.3. The summed E-state index contributed by atoms with van der Waals surface area (Å²) >= 11 is 0. The van der Waals surface area contributed by atoms with Crippen LogP contribution in [0, 0.1) is 0 Å². The Morgan fingerprint density at radius 2 is 1.80 bits per heavy atom. The topological polar surface area (TPSA) is 61.8 Å². The second-order valence-corrected chi connectivity index (χ2v) is 12.2. The highest BCUT2D eigenvalue weighted by Gasteiger charge is 2.52. The van der Waals surface area contributed by atoms with E-state index in [1.807, 2.05) is 6.07 Å². The maximum Gasteiger partial charge on any atom is 0.523 e. The van der Waals surface area contributed by atoms with E-state index in [1.165, 1.54) is 0 Å². The minimum atomic E-state index is -5.69. The summed E-state index contributed by atoms with van der Waals surface area (Å²) in [7, 11) is -8.31. The van der Waals surface area contributed by atoms with E-state index < -0.39 is 25.9 Å². The van der Waals surface area contributed by atoms with Crippen molar-refractivity contribution in [1.29, 1.82) is 0 Å². The quantitative estimate of drug-likeness (QED) is 0.548. The van der Waals surface area contributed by atoms with Crippen molar-refractivity contribution >= 4 is 31.2 Å². The van der Waals surface area contributed by atoms with Crippen LogP contribution in [-0.4, -0.2) is 38.3 Å². The molecule has 0 N–H and O–H groups in total. The second kappa shape index (κ2) is 8.22. The molecule has 30 heavy (non-hydrogen) atoms. The molecule has 1 unspecified atom stereocenters. The highest BCUT2D eigenvalue weighted by Crippen LogP contribution is 2.65. The fourth-order valence-corrected chi connectivity index (χ4v) is 9.31. The number of fused-ring (bicyclic) bond motifs is 1. The van der Waals surface area contributed by atoms with Crippen molar-refractivity contribution in [2.45, 2.75) is 48.8 Å². The van der Waals surface area contributed by atoms with Crippen LogP contribution in [0.15, 0.2) is 41.3 Å². The van der Waals surface area contributed by atoms with E-state index in [4.69, 9.17) is 13.1 Å². The summed E-state index contributed by atoms with van der Waals surface area (Å²) < 4.78 is 79.2. The lowest BCUT2D eigenvalue weighted by Crippen LogP contribution is -2.27. The minimum Gasteiger partial charge on any atom is -0.465 e. The van der Waals surface area contributed by atoms with Gasteiger partial charge in [0.15, 0.2) is 6.29 Å². The first kappa shape index (κ1) is 21.7. The molecule has 2 aliphatic rings. The zero-order valence-corrected chi connectivity index (χ0v) is 17.8. The average Bonchev–Trinajstić information content (AvgIpc) is 3.16. The molecule has 0 spiro atoms. The van der Waals surface area contributed by atoms with E-state index in [2.05, 4.69) is 0 Å². The standard InChI is InChI=1S/C20H23F3O5S2/c21-20(22,23)30(24,25)28-29(12-3-4-13-29)18-7-5-6-15-14-16(9-10-17(15)18)27-19-8-1-2-11-26-19/h5-7,9-10,14,19H,1-4,8,11-13H2. The number of rotatable bonds is 5. The van der Waals surface area contributed by atoms with Gasteiger partial charge in [-0.15, -0.1) is 0 Å². The van der Waals surface area contributed by atoms with Gasteiger partial charge >= 0.3 is 15.6 Å². The van der Waals surface area contributed by atoms with Crippen molar-refractivity contribution in [3.8, 4) is 5.75 Å². The summed E-state index contributed by atoms with van der Waals surface area (Å²) in [6.45, 7) is 0.652. The van der Waals surface area contributed by atoms with Gasteiger partial charge in [-0.1, -0.05) is 22.4 Å². The predicted octanol–water partition coefficient (Wildman–Crippen LogP) is 5.48. The fraction of sp³-hybridized carbons (Fsp3) is 0.500. The molecule has 0 aromatic heterocycles. The Labute approximate surface area is 175 Å². The van der Waals surface area contributed by atoms with Crippen molar-refractivity contribution in [1.82, 2.24) is 0 Å². The van der Waals surface area contributed by atoms with Crippen LogP contribution in [0.25, 0.3) is 10.8 Å². The Balaban J connectivity index is 1.70. The summed E-state index contributed by atoms with van der Waals surface area (Å²) in [5.74, 6) is 1.18. The fourth-order valence-electron chi connectivity index (χ4n) is 3.89. The van der Waals surface area contributed by atoms with Crippen LogP contribution in [0.3, 0.4) is 0 Å². The van der Waals surface area contributed by atoms with Gasteiger partial charge in [0.25, 0.3) is 0 Å². The number of halogens is 3. The van der Waals surface area contributed by atoms with Crippen LogP contribution in [0.1, 0.15) is 32.1 Å². The molecule has 2 heterocycles. The Bertz CT molecular complexity index is 1010. The largest absolute Gasteiger partial charge is 0.523 e. The lowest BCUT2D eigenvalue weighted by Gasteiger charge is -2.35. The second-order valence-electron chi connectivity index (χ2n) is 7.45. The van der Waals surface area contributed by atoms with Gasteiger partial charge < -0.3 is 9.47 Å². The molecule has 0 radical (unpaired) electrons. The molecule has 2 fully saturated rings. The SMILES string of the molecule is O=S(=O)(OS1(c2cccc3cc(OC4CCCCO4)ccc23)CCCC1)C(F)(F)F. The molecule has 2 aliphatic heterocycles. The van der Waals surface area contributed by atoms with Crippen LogP contribution < -0.4 is 4.74 Å².